The van der Waals surface area contributed by atoms with Gasteiger partial charge in [-0.1, -0.05) is 55.5 Å². The van der Waals surface area contributed by atoms with Crippen molar-refractivity contribution >= 4 is 17.5 Å². The number of benzene rings is 2. The molecule has 0 radical (unpaired) electrons. The molecule has 1 heterocycles. The van der Waals surface area contributed by atoms with Crippen molar-refractivity contribution in [3.05, 3.63) is 78.0 Å². The van der Waals surface area contributed by atoms with Gasteiger partial charge >= 0.3 is 0 Å². The van der Waals surface area contributed by atoms with Crippen molar-refractivity contribution in [2.24, 2.45) is 0 Å². The molecule has 128 valence electrons. The van der Waals surface area contributed by atoms with Gasteiger partial charge in [-0.3, -0.25) is 0 Å². The molecule has 0 unspecified atom stereocenters. The lowest BCUT2D eigenvalue weighted by Crippen LogP contribution is -2.20. The summed E-state index contributed by atoms with van der Waals surface area (Å²) in [6.07, 6.45) is 1.06. The normalized spacial score (nSPS) is 10.5. The summed E-state index contributed by atoms with van der Waals surface area (Å²) in [5.41, 5.74) is 3.26. The molecule has 0 aliphatic carbocycles. The van der Waals surface area contributed by atoms with Gasteiger partial charge in [-0.2, -0.15) is 4.98 Å². The predicted octanol–water partition coefficient (Wildman–Crippen LogP) is 4.95. The molecule has 0 saturated carbocycles. The van der Waals surface area contributed by atoms with Gasteiger partial charge in [0.25, 0.3) is 0 Å². The van der Waals surface area contributed by atoms with E-state index in [1.165, 1.54) is 5.56 Å². The number of aryl methyl sites for hydroxylation is 1. The van der Waals surface area contributed by atoms with E-state index in [9.17, 15) is 0 Å². The summed E-state index contributed by atoms with van der Waals surface area (Å²) < 4.78 is 0. The van der Waals surface area contributed by atoms with Gasteiger partial charge in [0.05, 0.1) is 6.54 Å². The van der Waals surface area contributed by atoms with E-state index in [2.05, 4.69) is 58.5 Å². The number of hydrogen-bond acceptors (Lipinski definition) is 4. The lowest BCUT2D eigenvalue weighted by atomic mass is 10.2. The number of hydrogen-bond donors (Lipinski definition) is 1. The summed E-state index contributed by atoms with van der Waals surface area (Å²) in [4.78, 5) is 11.6. The van der Waals surface area contributed by atoms with Gasteiger partial charge in [0.2, 0.25) is 5.95 Å². The van der Waals surface area contributed by atoms with E-state index >= 15 is 0 Å². The number of para-hydroxylation sites is 1. The average molecular weight is 332 g/mol. The summed E-state index contributed by atoms with van der Waals surface area (Å²) in [6, 6.07) is 22.7. The molecule has 0 amide bonds. The van der Waals surface area contributed by atoms with Crippen molar-refractivity contribution < 1.29 is 0 Å². The molecular formula is C21H24N4. The van der Waals surface area contributed by atoms with Crippen LogP contribution in [0.25, 0.3) is 0 Å². The second kappa shape index (κ2) is 8.29. The summed E-state index contributed by atoms with van der Waals surface area (Å²) in [5, 5.41) is 3.37. The quantitative estimate of drug-likeness (QED) is 0.665. The average Bonchev–Trinajstić information content (AvgIpc) is 2.65. The summed E-state index contributed by atoms with van der Waals surface area (Å²) >= 11 is 0. The predicted molar refractivity (Wildman–Crippen MR) is 104 cm³/mol. The number of anilines is 3. The maximum atomic E-state index is 4.75. The second-order valence-corrected chi connectivity index (χ2v) is 6.03. The summed E-state index contributed by atoms with van der Waals surface area (Å²) in [7, 11) is 0. The Morgan fingerprint density at radius 1 is 0.920 bits per heavy atom. The molecule has 3 rings (SSSR count). The van der Waals surface area contributed by atoms with Crippen LogP contribution in [0.3, 0.4) is 0 Å². The minimum absolute atomic E-state index is 0.716. The third-order valence-electron chi connectivity index (χ3n) is 3.89. The Bertz CT molecular complexity index is 788. The highest BCUT2D eigenvalue weighted by atomic mass is 15.3. The van der Waals surface area contributed by atoms with Crippen LogP contribution in [0.2, 0.25) is 0 Å². The first kappa shape index (κ1) is 17.0. The molecular weight excluding hydrogens is 308 g/mol. The zero-order valence-corrected chi connectivity index (χ0v) is 14.8. The maximum absolute atomic E-state index is 4.75. The van der Waals surface area contributed by atoms with Crippen LogP contribution in [0.4, 0.5) is 17.5 Å². The molecule has 0 aliphatic heterocycles. The van der Waals surface area contributed by atoms with Crippen molar-refractivity contribution in [3.63, 3.8) is 0 Å². The van der Waals surface area contributed by atoms with Crippen LogP contribution in [-0.4, -0.2) is 16.5 Å². The number of aromatic nitrogens is 2. The zero-order chi connectivity index (χ0) is 17.5. The first-order chi connectivity index (χ1) is 12.3. The van der Waals surface area contributed by atoms with E-state index in [1.54, 1.807) is 0 Å². The van der Waals surface area contributed by atoms with E-state index in [0.29, 0.717) is 5.95 Å². The number of nitrogens with one attached hydrogen (secondary N) is 1. The number of nitrogens with zero attached hydrogens (tertiary/aromatic N) is 3. The Balaban J connectivity index is 1.98. The van der Waals surface area contributed by atoms with Gasteiger partial charge in [-0.05, 0) is 31.0 Å². The van der Waals surface area contributed by atoms with Gasteiger partial charge in [-0.15, -0.1) is 0 Å². The van der Waals surface area contributed by atoms with Crippen LogP contribution >= 0.6 is 0 Å². The van der Waals surface area contributed by atoms with E-state index in [0.717, 1.165) is 36.7 Å². The van der Waals surface area contributed by atoms with Crippen LogP contribution in [0.5, 0.6) is 0 Å². The van der Waals surface area contributed by atoms with Gasteiger partial charge in [0.15, 0.2) is 0 Å². The highest BCUT2D eigenvalue weighted by Gasteiger charge is 2.14. The molecule has 4 nitrogen and oxygen atoms in total. The molecule has 0 saturated heterocycles. The zero-order valence-electron chi connectivity index (χ0n) is 14.8. The summed E-state index contributed by atoms with van der Waals surface area (Å²) in [6.45, 7) is 5.78. The third-order valence-corrected chi connectivity index (χ3v) is 3.89. The minimum Gasteiger partial charge on any atom is -0.370 e. The van der Waals surface area contributed by atoms with E-state index < -0.39 is 0 Å². The molecule has 1 aromatic heterocycles. The lowest BCUT2D eigenvalue weighted by Gasteiger charge is -2.24. The largest absolute Gasteiger partial charge is 0.370 e. The van der Waals surface area contributed by atoms with E-state index in [4.69, 9.17) is 4.98 Å². The first-order valence-corrected chi connectivity index (χ1v) is 8.72. The molecule has 0 atom stereocenters. The van der Waals surface area contributed by atoms with Crippen molar-refractivity contribution in [1.29, 1.82) is 0 Å². The van der Waals surface area contributed by atoms with Crippen LogP contribution in [0.1, 0.15) is 24.6 Å². The summed E-state index contributed by atoms with van der Waals surface area (Å²) in [5.74, 6) is 1.59. The first-order valence-electron chi connectivity index (χ1n) is 8.72. The maximum Gasteiger partial charge on any atom is 0.232 e. The Hall–Kier alpha value is -2.88. The smallest absolute Gasteiger partial charge is 0.232 e. The van der Waals surface area contributed by atoms with Crippen molar-refractivity contribution in [3.8, 4) is 0 Å². The van der Waals surface area contributed by atoms with Gasteiger partial charge < -0.3 is 10.2 Å². The SMILES string of the molecule is CCCNc1cc(C)nc(N(Cc2ccccc2)c2ccccc2)n1. The van der Waals surface area contributed by atoms with Crippen molar-refractivity contribution in [2.45, 2.75) is 26.8 Å². The Kier molecular flexibility index (Phi) is 5.62. The topological polar surface area (TPSA) is 41.1 Å². The third kappa shape index (κ3) is 4.57. The monoisotopic (exact) mass is 332 g/mol. The fourth-order valence-corrected chi connectivity index (χ4v) is 2.67. The highest BCUT2D eigenvalue weighted by Crippen LogP contribution is 2.25. The van der Waals surface area contributed by atoms with Gasteiger partial charge in [-0.25, -0.2) is 4.98 Å². The Morgan fingerprint density at radius 2 is 1.60 bits per heavy atom. The molecule has 3 aromatic rings. The number of rotatable bonds is 7. The van der Waals surface area contributed by atoms with Crippen molar-refractivity contribution in [1.82, 2.24) is 9.97 Å². The van der Waals surface area contributed by atoms with Gasteiger partial charge in [0.1, 0.15) is 5.82 Å². The molecule has 0 spiro atoms. The van der Waals surface area contributed by atoms with Crippen LogP contribution in [0, 0.1) is 6.92 Å². The molecule has 0 fully saturated rings. The minimum atomic E-state index is 0.716. The van der Waals surface area contributed by atoms with Gasteiger partial charge in [0, 0.05) is 24.0 Å². The lowest BCUT2D eigenvalue weighted by molar-refractivity contribution is 0.895. The van der Waals surface area contributed by atoms with E-state index in [1.807, 2.05) is 37.3 Å². The Labute approximate surface area is 149 Å². The molecule has 25 heavy (non-hydrogen) atoms. The fourth-order valence-electron chi connectivity index (χ4n) is 2.67. The van der Waals surface area contributed by atoms with Crippen molar-refractivity contribution in [2.75, 3.05) is 16.8 Å². The fraction of sp³-hybridized carbons (Fsp3) is 0.238. The second-order valence-electron chi connectivity index (χ2n) is 6.03. The molecule has 1 N–H and O–H groups in total. The standard InChI is InChI=1S/C21H24N4/c1-3-14-22-20-15-17(2)23-21(24-20)25(19-12-8-5-9-13-19)16-18-10-6-4-7-11-18/h4-13,15H,3,14,16H2,1-2H3,(H,22,23,24). The van der Waals surface area contributed by atoms with Crippen LogP contribution < -0.4 is 10.2 Å². The molecule has 2 aromatic carbocycles. The van der Waals surface area contributed by atoms with Crippen LogP contribution in [-0.2, 0) is 6.54 Å². The van der Waals surface area contributed by atoms with E-state index in [-0.39, 0.29) is 0 Å². The molecule has 0 aliphatic rings. The highest BCUT2D eigenvalue weighted by molar-refractivity contribution is 5.59. The molecule has 0 bridgehead atoms. The molecule has 4 heteroatoms. The Morgan fingerprint density at radius 3 is 2.28 bits per heavy atom. The van der Waals surface area contributed by atoms with Crippen LogP contribution in [0.15, 0.2) is 66.7 Å².